The topological polar surface area (TPSA) is 49.9 Å². The van der Waals surface area contributed by atoms with E-state index in [0.29, 0.717) is 5.91 Å². The van der Waals surface area contributed by atoms with Gasteiger partial charge in [0.2, 0.25) is 5.91 Å². The minimum absolute atomic E-state index is 0.198. The molecule has 1 aliphatic heterocycles. The number of hydrogen-bond acceptors (Lipinski definition) is 4. The molecule has 0 N–H and O–H groups in total. The van der Waals surface area contributed by atoms with Crippen LogP contribution < -0.4 is 4.74 Å². The summed E-state index contributed by atoms with van der Waals surface area (Å²) in [4.78, 5) is 26.6. The van der Waals surface area contributed by atoms with Gasteiger partial charge >= 0.3 is 0 Å². The predicted octanol–water partition coefficient (Wildman–Crippen LogP) is 10.4. The number of aldehydes is 1. The molecule has 2 fully saturated rings. The molecule has 0 bridgehead atoms. The monoisotopic (exact) mass is 617 g/mol. The summed E-state index contributed by atoms with van der Waals surface area (Å²) in [5.41, 5.74) is 1.26. The van der Waals surface area contributed by atoms with Crippen molar-refractivity contribution in [2.75, 3.05) is 33.8 Å². The third-order valence-electron chi connectivity index (χ3n) is 6.72. The molecular weight excluding hydrogens is 544 g/mol. The molecule has 2 atom stereocenters. The van der Waals surface area contributed by atoms with E-state index in [0.717, 1.165) is 82.2 Å². The van der Waals surface area contributed by atoms with Crippen molar-refractivity contribution in [2.24, 2.45) is 17.8 Å². The van der Waals surface area contributed by atoms with Gasteiger partial charge < -0.3 is 19.3 Å². The highest BCUT2D eigenvalue weighted by Gasteiger charge is 2.29. The first kappa shape index (κ1) is 46.0. The van der Waals surface area contributed by atoms with E-state index in [1.54, 1.807) is 7.11 Å². The fourth-order valence-electron chi connectivity index (χ4n) is 3.97. The Balaban J connectivity index is -0.000000554. The average Bonchev–Trinajstić information content (AvgIpc) is 3.74. The highest BCUT2D eigenvalue weighted by atomic mass is 16.5. The Hall–Kier alpha value is -2.40. The van der Waals surface area contributed by atoms with Crippen molar-refractivity contribution in [1.29, 1.82) is 0 Å². The number of benzene rings is 1. The highest BCUT2D eigenvalue weighted by Crippen LogP contribution is 2.33. The van der Waals surface area contributed by atoms with Gasteiger partial charge in [-0.25, -0.2) is 0 Å². The van der Waals surface area contributed by atoms with Crippen LogP contribution in [0.3, 0.4) is 0 Å². The van der Waals surface area contributed by atoms with Crippen LogP contribution in [0.15, 0.2) is 49.6 Å². The molecule has 1 saturated heterocycles. The molecule has 0 spiro atoms. The third kappa shape index (κ3) is 28.4. The smallest absolute Gasteiger partial charge is 0.222 e. The number of hydrogen-bond donors (Lipinski definition) is 0. The Morgan fingerprint density at radius 3 is 1.89 bits per heavy atom. The van der Waals surface area contributed by atoms with E-state index >= 15 is 0 Å². The molecule has 1 saturated carbocycles. The normalized spacial score (nSPS) is 15.1. The van der Waals surface area contributed by atoms with Gasteiger partial charge in [0.1, 0.15) is 12.0 Å². The molecule has 44 heavy (non-hydrogen) atoms. The summed E-state index contributed by atoms with van der Waals surface area (Å²) >= 11 is 0. The number of carbonyl (C=O) groups excluding carboxylic acids is 2. The van der Waals surface area contributed by atoms with Gasteiger partial charge in [-0.1, -0.05) is 92.5 Å². The molecule has 3 rings (SSSR count). The van der Waals surface area contributed by atoms with Crippen LogP contribution in [0.5, 0.6) is 5.75 Å². The van der Waals surface area contributed by atoms with Crippen molar-refractivity contribution in [1.82, 2.24) is 9.80 Å². The van der Waals surface area contributed by atoms with Crippen LogP contribution in [0.1, 0.15) is 125 Å². The predicted molar refractivity (Wildman–Crippen MR) is 194 cm³/mol. The van der Waals surface area contributed by atoms with E-state index in [9.17, 15) is 9.59 Å². The fourth-order valence-corrected chi connectivity index (χ4v) is 3.97. The molecular formula is C39H72N2O3. The number of rotatable bonds is 13. The lowest BCUT2D eigenvalue weighted by atomic mass is 10.0. The Morgan fingerprint density at radius 2 is 1.52 bits per heavy atom. The van der Waals surface area contributed by atoms with E-state index in [2.05, 4.69) is 78.8 Å². The van der Waals surface area contributed by atoms with Crippen LogP contribution in [0.2, 0.25) is 0 Å². The summed E-state index contributed by atoms with van der Waals surface area (Å²) in [6, 6.07) is 8.10. The van der Waals surface area contributed by atoms with E-state index in [1.165, 1.54) is 37.7 Å². The van der Waals surface area contributed by atoms with Crippen LogP contribution in [0.4, 0.5) is 0 Å². The van der Waals surface area contributed by atoms with Crippen LogP contribution in [0.25, 0.3) is 0 Å². The van der Waals surface area contributed by atoms with Gasteiger partial charge in [0, 0.05) is 32.0 Å². The Bertz CT molecular complexity index is 779. The number of likely N-dealkylation sites (tertiary alicyclic amines) is 1. The Labute approximate surface area is 274 Å². The standard InChI is InChI=1S/C15H23NO2.C10H17NO.C6H10.2C3H8.C2H6/c1-4-13(12-17)9-10-16(2)11-14-5-7-15(18-3)8-6-14;1-8-4-5-11(7-8)10(12)6-9-2-3-9;1-3-5-6-4-2;2*1-3-2;1-2/h5-8,12-13H,4,9-11H2,1-3H3;8-9H,2-7H2,1H3;3-4H,1-2,5-6H2;2*3H2,1-2H3;1-2H3. The maximum atomic E-state index is 11.6. The molecule has 1 aliphatic carbocycles. The van der Waals surface area contributed by atoms with Crippen molar-refractivity contribution < 1.29 is 14.3 Å². The fraction of sp³-hybridized carbons (Fsp3) is 0.692. The zero-order chi connectivity index (χ0) is 34.2. The lowest BCUT2D eigenvalue weighted by molar-refractivity contribution is -0.130. The van der Waals surface area contributed by atoms with Gasteiger partial charge in [-0.2, -0.15) is 0 Å². The van der Waals surface area contributed by atoms with Crippen LogP contribution in [0, 0.1) is 17.8 Å². The highest BCUT2D eigenvalue weighted by molar-refractivity contribution is 5.77. The lowest BCUT2D eigenvalue weighted by Gasteiger charge is -2.18. The largest absolute Gasteiger partial charge is 0.497 e. The molecule has 256 valence electrons. The second-order valence-electron chi connectivity index (χ2n) is 11.6. The van der Waals surface area contributed by atoms with Gasteiger partial charge in [-0.3, -0.25) is 4.79 Å². The van der Waals surface area contributed by atoms with Crippen molar-refractivity contribution >= 4 is 12.2 Å². The Morgan fingerprint density at radius 1 is 1.00 bits per heavy atom. The van der Waals surface area contributed by atoms with Crippen LogP contribution in [-0.4, -0.2) is 55.8 Å². The molecule has 0 radical (unpaired) electrons. The summed E-state index contributed by atoms with van der Waals surface area (Å²) in [5, 5.41) is 0. The quantitative estimate of drug-likeness (QED) is 0.126. The number of nitrogens with zero attached hydrogens (tertiary/aromatic N) is 2. The zero-order valence-electron chi connectivity index (χ0n) is 30.7. The molecule has 5 nitrogen and oxygen atoms in total. The van der Waals surface area contributed by atoms with E-state index in [4.69, 9.17) is 4.74 Å². The van der Waals surface area contributed by atoms with E-state index in [-0.39, 0.29) is 5.92 Å². The lowest BCUT2D eigenvalue weighted by Crippen LogP contribution is -2.28. The number of ether oxygens (including phenoxy) is 1. The number of methoxy groups -OCH3 is 1. The first-order chi connectivity index (χ1) is 21.2. The van der Waals surface area contributed by atoms with Gasteiger partial charge in [0.15, 0.2) is 0 Å². The molecule has 5 heteroatoms. The number of allylic oxidation sites excluding steroid dienone is 2. The minimum Gasteiger partial charge on any atom is -0.497 e. The molecule has 1 amide bonds. The SMILES string of the molecule is C=CCCC=C.CC.CC1CCN(C(=O)CC2CC2)C1.CCC.CCC.CCC(C=O)CCN(C)Cc1ccc(OC)cc1. The van der Waals surface area contributed by atoms with Gasteiger partial charge in [0.25, 0.3) is 0 Å². The van der Waals surface area contributed by atoms with Gasteiger partial charge in [-0.15, -0.1) is 13.2 Å². The van der Waals surface area contributed by atoms with Gasteiger partial charge in [0.05, 0.1) is 7.11 Å². The first-order valence-electron chi connectivity index (χ1n) is 17.5. The molecule has 1 aromatic rings. The molecule has 2 unspecified atom stereocenters. The molecule has 0 aromatic heterocycles. The van der Waals surface area contributed by atoms with Crippen molar-refractivity contribution in [3.05, 3.63) is 55.1 Å². The third-order valence-corrected chi connectivity index (χ3v) is 6.72. The molecule has 1 aromatic carbocycles. The number of amides is 1. The summed E-state index contributed by atoms with van der Waals surface area (Å²) < 4.78 is 5.13. The number of carbonyl (C=O) groups is 2. The second kappa shape index (κ2) is 33.5. The number of unbranched alkanes of at least 4 members (excludes halogenated alkanes) is 1. The second-order valence-corrected chi connectivity index (χ2v) is 11.6. The maximum absolute atomic E-state index is 11.6. The summed E-state index contributed by atoms with van der Waals surface area (Å²) in [5.74, 6) is 2.96. The zero-order valence-corrected chi connectivity index (χ0v) is 30.7. The van der Waals surface area contributed by atoms with Crippen molar-refractivity contribution in [2.45, 2.75) is 126 Å². The summed E-state index contributed by atoms with van der Waals surface area (Å²) in [6.07, 6.45) is 15.9. The Kier molecular flexibility index (Phi) is 35.0. The van der Waals surface area contributed by atoms with Crippen LogP contribution in [-0.2, 0) is 16.1 Å². The van der Waals surface area contributed by atoms with Crippen LogP contribution >= 0.6 is 0 Å². The van der Waals surface area contributed by atoms with E-state index in [1.807, 2.05) is 43.0 Å². The van der Waals surface area contributed by atoms with Crippen molar-refractivity contribution in [3.8, 4) is 5.75 Å². The van der Waals surface area contributed by atoms with E-state index < -0.39 is 0 Å². The van der Waals surface area contributed by atoms with Crippen molar-refractivity contribution in [3.63, 3.8) is 0 Å². The average molecular weight is 617 g/mol. The molecule has 2 aliphatic rings. The minimum atomic E-state index is 0.198. The summed E-state index contributed by atoms with van der Waals surface area (Å²) in [6.45, 7) is 27.7. The molecule has 1 heterocycles. The maximum Gasteiger partial charge on any atom is 0.222 e. The van der Waals surface area contributed by atoms with Gasteiger partial charge in [-0.05, 0) is 88.1 Å². The first-order valence-corrected chi connectivity index (χ1v) is 17.5. The summed E-state index contributed by atoms with van der Waals surface area (Å²) in [7, 11) is 3.76.